The molecule has 4 rings (SSSR count). The molecule has 1 fully saturated rings. The summed E-state index contributed by atoms with van der Waals surface area (Å²) in [6.45, 7) is 0.932. The van der Waals surface area contributed by atoms with Gasteiger partial charge in [0.25, 0.3) is 0 Å². The van der Waals surface area contributed by atoms with Gasteiger partial charge in [0.2, 0.25) is 0 Å². The van der Waals surface area contributed by atoms with E-state index in [0.29, 0.717) is 37.4 Å². The number of rotatable bonds is 5. The Bertz CT molecular complexity index is 1220. The van der Waals surface area contributed by atoms with Crippen LogP contribution in [0.25, 0.3) is 0 Å². The van der Waals surface area contributed by atoms with E-state index in [1.165, 1.54) is 11.3 Å². The van der Waals surface area contributed by atoms with Gasteiger partial charge in [-0.15, -0.1) is 11.3 Å². The van der Waals surface area contributed by atoms with Gasteiger partial charge in [0.05, 0.1) is 19.9 Å². The molecule has 1 aromatic heterocycles. The molecule has 170 valence electrons. The van der Waals surface area contributed by atoms with E-state index in [1.54, 1.807) is 0 Å². The Morgan fingerprint density at radius 3 is 2.47 bits per heavy atom. The number of piperidine rings is 1. The van der Waals surface area contributed by atoms with Crippen LogP contribution < -0.4 is 4.90 Å². The fourth-order valence-corrected chi connectivity index (χ4v) is 8.03. The molecule has 3 aromatic rings. The maximum atomic E-state index is 14.6. The van der Waals surface area contributed by atoms with E-state index in [-0.39, 0.29) is 8.95 Å². The van der Waals surface area contributed by atoms with E-state index in [2.05, 4.69) is 36.8 Å². The third kappa shape index (κ3) is 4.89. The van der Waals surface area contributed by atoms with Gasteiger partial charge in [-0.3, -0.25) is 0 Å². The number of anilines is 1. The van der Waals surface area contributed by atoms with E-state index >= 15 is 0 Å². The van der Waals surface area contributed by atoms with Crippen LogP contribution in [0.1, 0.15) is 24.1 Å². The van der Waals surface area contributed by atoms with Crippen LogP contribution in [0.2, 0.25) is 5.02 Å². The van der Waals surface area contributed by atoms with Crippen molar-refractivity contribution in [3.05, 3.63) is 72.6 Å². The lowest BCUT2D eigenvalue weighted by Gasteiger charge is -2.31. The average molecular weight is 627 g/mol. The SMILES string of the molecule is O=S(=O)(c1c(F)c(Br)cc(F)c1Br)C1CCN(c2nc(Cc3ccc(Cl)cc3)cs2)CC1. The maximum absolute atomic E-state index is 14.6. The summed E-state index contributed by atoms with van der Waals surface area (Å²) in [7, 11) is -4.06. The molecule has 0 radical (unpaired) electrons. The summed E-state index contributed by atoms with van der Waals surface area (Å²) in [5, 5.41) is 2.70. The van der Waals surface area contributed by atoms with Crippen molar-refractivity contribution in [1.29, 1.82) is 0 Å². The van der Waals surface area contributed by atoms with Gasteiger partial charge in [-0.05, 0) is 68.5 Å². The Kier molecular flexibility index (Phi) is 7.26. The monoisotopic (exact) mass is 624 g/mol. The standard InChI is InChI=1S/C21H17Br2ClF2N2O2S2/c22-16-10-17(25)18(23)20(19(16)26)32(29,30)15-5-7-28(8-6-15)21-27-14(11-31-21)9-12-1-3-13(24)4-2-12/h1-4,10-11,15H,5-9H2. The second-order valence-corrected chi connectivity index (χ2v) is 12.5. The molecule has 1 saturated heterocycles. The minimum absolute atomic E-state index is 0.217. The van der Waals surface area contributed by atoms with E-state index in [0.717, 1.165) is 22.5 Å². The molecule has 4 nitrogen and oxygen atoms in total. The van der Waals surface area contributed by atoms with Crippen LogP contribution in [0, 0.1) is 11.6 Å². The number of thiazole rings is 1. The Morgan fingerprint density at radius 2 is 1.81 bits per heavy atom. The van der Waals surface area contributed by atoms with E-state index in [4.69, 9.17) is 11.6 Å². The van der Waals surface area contributed by atoms with Crippen molar-refractivity contribution in [2.75, 3.05) is 18.0 Å². The van der Waals surface area contributed by atoms with Crippen LogP contribution >= 0.6 is 54.8 Å². The van der Waals surface area contributed by atoms with Crippen molar-refractivity contribution in [2.24, 2.45) is 0 Å². The first-order valence-corrected chi connectivity index (χ1v) is 14.1. The third-order valence-electron chi connectivity index (χ3n) is 5.35. The molecule has 0 unspecified atom stereocenters. The Morgan fingerprint density at radius 1 is 1.16 bits per heavy atom. The zero-order valence-electron chi connectivity index (χ0n) is 16.5. The van der Waals surface area contributed by atoms with Gasteiger partial charge in [0.15, 0.2) is 20.8 Å². The molecule has 1 aliphatic rings. The first-order chi connectivity index (χ1) is 15.2. The molecular formula is C21H17Br2ClF2N2O2S2. The first-order valence-electron chi connectivity index (χ1n) is 9.67. The predicted molar refractivity (Wildman–Crippen MR) is 131 cm³/mol. The molecule has 11 heteroatoms. The Labute approximate surface area is 210 Å². The van der Waals surface area contributed by atoms with Crippen molar-refractivity contribution in [1.82, 2.24) is 4.98 Å². The maximum Gasteiger partial charge on any atom is 0.185 e. The van der Waals surface area contributed by atoms with Gasteiger partial charge >= 0.3 is 0 Å². The highest BCUT2D eigenvalue weighted by atomic mass is 79.9. The van der Waals surface area contributed by atoms with Crippen molar-refractivity contribution in [3.8, 4) is 0 Å². The zero-order valence-corrected chi connectivity index (χ0v) is 22.1. The summed E-state index contributed by atoms with van der Waals surface area (Å²) in [5.74, 6) is -1.81. The van der Waals surface area contributed by atoms with Crippen molar-refractivity contribution in [3.63, 3.8) is 0 Å². The van der Waals surface area contributed by atoms with E-state index < -0.39 is 31.6 Å². The van der Waals surface area contributed by atoms with Crippen LogP contribution in [0.5, 0.6) is 0 Å². The second-order valence-electron chi connectivity index (χ2n) is 7.45. The lowest BCUT2D eigenvalue weighted by Crippen LogP contribution is -2.39. The van der Waals surface area contributed by atoms with E-state index in [9.17, 15) is 17.2 Å². The summed E-state index contributed by atoms with van der Waals surface area (Å²) in [4.78, 5) is 6.10. The minimum Gasteiger partial charge on any atom is -0.348 e. The molecule has 0 N–H and O–H groups in total. The number of sulfone groups is 1. The molecular weight excluding hydrogens is 610 g/mol. The van der Waals surface area contributed by atoms with Crippen LogP contribution in [0.15, 0.2) is 49.6 Å². The van der Waals surface area contributed by atoms with Gasteiger partial charge < -0.3 is 4.90 Å². The molecule has 0 aliphatic carbocycles. The molecule has 1 aliphatic heterocycles. The first kappa shape index (κ1) is 24.1. The smallest absolute Gasteiger partial charge is 0.185 e. The van der Waals surface area contributed by atoms with Crippen LogP contribution in [0.4, 0.5) is 13.9 Å². The molecule has 0 amide bonds. The zero-order chi connectivity index (χ0) is 23.0. The highest BCUT2D eigenvalue weighted by molar-refractivity contribution is 9.11. The van der Waals surface area contributed by atoms with Crippen molar-refractivity contribution in [2.45, 2.75) is 29.4 Å². The highest BCUT2D eigenvalue weighted by Crippen LogP contribution is 2.37. The highest BCUT2D eigenvalue weighted by Gasteiger charge is 2.36. The summed E-state index contributed by atoms with van der Waals surface area (Å²) in [6, 6.07) is 8.51. The van der Waals surface area contributed by atoms with Crippen molar-refractivity contribution < 1.29 is 17.2 Å². The minimum atomic E-state index is -4.06. The number of halogens is 5. The van der Waals surface area contributed by atoms with E-state index in [1.807, 2.05) is 34.5 Å². The lowest BCUT2D eigenvalue weighted by atomic mass is 10.1. The van der Waals surface area contributed by atoms with Gasteiger partial charge in [0, 0.05) is 29.9 Å². The molecule has 0 saturated carbocycles. The van der Waals surface area contributed by atoms with Gasteiger partial charge in [0.1, 0.15) is 10.7 Å². The number of nitrogens with zero attached hydrogens (tertiary/aromatic N) is 2. The molecule has 2 heterocycles. The number of benzene rings is 2. The molecule has 0 atom stereocenters. The fourth-order valence-electron chi connectivity index (χ4n) is 3.66. The summed E-state index contributed by atoms with van der Waals surface area (Å²) in [6.07, 6.45) is 1.28. The average Bonchev–Trinajstić information content (AvgIpc) is 3.22. The Balaban J connectivity index is 1.46. The fraction of sp³-hybridized carbons (Fsp3) is 0.286. The summed E-state index contributed by atoms with van der Waals surface area (Å²) in [5.41, 5.74) is 2.03. The largest absolute Gasteiger partial charge is 0.348 e. The molecule has 2 aromatic carbocycles. The summed E-state index contributed by atoms with van der Waals surface area (Å²) >= 11 is 13.2. The second kappa shape index (κ2) is 9.66. The normalized spacial score (nSPS) is 15.3. The topological polar surface area (TPSA) is 50.3 Å². The molecule has 0 spiro atoms. The van der Waals surface area contributed by atoms with Crippen LogP contribution in [-0.2, 0) is 16.3 Å². The van der Waals surface area contributed by atoms with Crippen LogP contribution in [0.3, 0.4) is 0 Å². The number of aromatic nitrogens is 1. The predicted octanol–water partition coefficient (Wildman–Crippen LogP) is 6.63. The Hall–Kier alpha value is -1.07. The number of hydrogen-bond donors (Lipinski definition) is 0. The van der Waals surface area contributed by atoms with Gasteiger partial charge in [-0.1, -0.05) is 23.7 Å². The van der Waals surface area contributed by atoms with Crippen molar-refractivity contribution >= 4 is 69.8 Å². The van der Waals surface area contributed by atoms with Gasteiger partial charge in [-0.2, -0.15) is 0 Å². The quantitative estimate of drug-likeness (QED) is 0.299. The summed E-state index contributed by atoms with van der Waals surface area (Å²) < 4.78 is 54.3. The molecule has 0 bridgehead atoms. The number of hydrogen-bond acceptors (Lipinski definition) is 5. The van der Waals surface area contributed by atoms with Gasteiger partial charge in [-0.25, -0.2) is 22.2 Å². The third-order valence-corrected chi connectivity index (χ3v) is 10.5. The molecule has 32 heavy (non-hydrogen) atoms. The van der Waals surface area contributed by atoms with Crippen LogP contribution in [-0.4, -0.2) is 31.7 Å². The lowest BCUT2D eigenvalue weighted by molar-refractivity contribution is 0.512.